The maximum absolute atomic E-state index is 4.17. The molecule has 3 heteroatoms. The summed E-state index contributed by atoms with van der Waals surface area (Å²) in [7, 11) is 0. The van der Waals surface area contributed by atoms with E-state index >= 15 is 0 Å². The van der Waals surface area contributed by atoms with Crippen LogP contribution < -0.4 is 0 Å². The number of hydrogen-bond donors (Lipinski definition) is 0. The number of nitrogens with zero attached hydrogens (tertiary/aromatic N) is 3. The second kappa shape index (κ2) is 3.34. The third-order valence-corrected chi connectivity index (χ3v) is 1.67. The highest BCUT2D eigenvalue weighted by Gasteiger charge is 2.07. The van der Waals surface area contributed by atoms with Crippen LogP contribution in [0.4, 0.5) is 5.69 Å². The van der Waals surface area contributed by atoms with Crippen LogP contribution in [-0.4, -0.2) is 16.5 Å². The van der Waals surface area contributed by atoms with Gasteiger partial charge in [0.25, 0.3) is 0 Å². The Balaban J connectivity index is 3.22. The molecular weight excluding hydrogens is 150 g/mol. The van der Waals surface area contributed by atoms with Crippen LogP contribution in [0.2, 0.25) is 0 Å². The van der Waals surface area contributed by atoms with E-state index < -0.39 is 0 Å². The van der Waals surface area contributed by atoms with E-state index in [0.29, 0.717) is 6.04 Å². The van der Waals surface area contributed by atoms with Crippen LogP contribution in [0.5, 0.6) is 0 Å². The van der Waals surface area contributed by atoms with Crippen LogP contribution in [-0.2, 0) is 0 Å². The van der Waals surface area contributed by atoms with Crippen molar-refractivity contribution in [1.29, 1.82) is 0 Å². The number of aliphatic imine (C=N–C) groups is 1. The van der Waals surface area contributed by atoms with Crippen molar-refractivity contribution in [3.8, 4) is 0 Å². The number of aromatic nitrogens is 2. The topological polar surface area (TPSA) is 30.2 Å². The predicted octanol–water partition coefficient (Wildman–Crippen LogP) is 2.44. The molecule has 0 aliphatic rings. The lowest BCUT2D eigenvalue weighted by atomic mass is 10.3. The average molecular weight is 163 g/mol. The van der Waals surface area contributed by atoms with Gasteiger partial charge in [-0.1, -0.05) is 6.58 Å². The van der Waals surface area contributed by atoms with E-state index in [0.717, 1.165) is 11.4 Å². The monoisotopic (exact) mass is 163 g/mol. The van der Waals surface area contributed by atoms with Crippen molar-refractivity contribution in [2.45, 2.75) is 19.9 Å². The molecule has 0 aliphatic heterocycles. The zero-order valence-electron chi connectivity index (χ0n) is 7.49. The molecule has 1 aromatic rings. The Labute approximate surface area is 72.4 Å². The summed E-state index contributed by atoms with van der Waals surface area (Å²) in [6.07, 6.45) is 3.45. The molecule has 0 saturated heterocycles. The highest BCUT2D eigenvalue weighted by Crippen LogP contribution is 2.21. The highest BCUT2D eigenvalue weighted by molar-refractivity contribution is 5.61. The molecule has 0 N–H and O–H groups in total. The normalized spacial score (nSPS) is 10.2. The lowest BCUT2D eigenvalue weighted by Gasteiger charge is -2.07. The molecule has 3 nitrogen and oxygen atoms in total. The van der Waals surface area contributed by atoms with Gasteiger partial charge in [0.1, 0.15) is 5.69 Å². The molecule has 12 heavy (non-hydrogen) atoms. The molecule has 0 spiro atoms. The third kappa shape index (κ3) is 1.30. The first-order chi connectivity index (χ1) is 5.70. The fraction of sp³-hybridized carbons (Fsp3) is 0.333. The minimum absolute atomic E-state index is 0.327. The van der Waals surface area contributed by atoms with Crippen molar-refractivity contribution < 1.29 is 0 Å². The zero-order chi connectivity index (χ0) is 9.14. The van der Waals surface area contributed by atoms with Crippen LogP contribution in [0.25, 0.3) is 6.08 Å². The van der Waals surface area contributed by atoms with E-state index in [1.807, 2.05) is 4.68 Å². The van der Waals surface area contributed by atoms with Crippen molar-refractivity contribution in [3.63, 3.8) is 0 Å². The lowest BCUT2D eigenvalue weighted by Crippen LogP contribution is -2.04. The molecule has 0 radical (unpaired) electrons. The molecule has 0 saturated carbocycles. The molecule has 1 aromatic heterocycles. The van der Waals surface area contributed by atoms with Crippen LogP contribution in [0, 0.1) is 0 Å². The van der Waals surface area contributed by atoms with Gasteiger partial charge in [0.2, 0.25) is 0 Å². The number of hydrogen-bond acceptors (Lipinski definition) is 2. The third-order valence-electron chi connectivity index (χ3n) is 1.67. The van der Waals surface area contributed by atoms with Crippen LogP contribution in [0.3, 0.4) is 0 Å². The molecule has 0 atom stereocenters. The summed E-state index contributed by atoms with van der Waals surface area (Å²) >= 11 is 0. The van der Waals surface area contributed by atoms with E-state index in [1.54, 1.807) is 12.3 Å². The second-order valence-electron chi connectivity index (χ2n) is 2.82. The second-order valence-corrected chi connectivity index (χ2v) is 2.82. The van der Waals surface area contributed by atoms with Gasteiger partial charge in [-0.2, -0.15) is 5.10 Å². The van der Waals surface area contributed by atoms with Gasteiger partial charge in [0, 0.05) is 6.04 Å². The van der Waals surface area contributed by atoms with Gasteiger partial charge < -0.3 is 0 Å². The van der Waals surface area contributed by atoms with Crippen molar-refractivity contribution in [3.05, 3.63) is 18.5 Å². The Kier molecular flexibility index (Phi) is 2.43. The smallest absolute Gasteiger partial charge is 0.107 e. The van der Waals surface area contributed by atoms with Gasteiger partial charge in [-0.05, 0) is 26.6 Å². The predicted molar refractivity (Wildman–Crippen MR) is 51.9 cm³/mol. The molecule has 0 aliphatic carbocycles. The Morgan fingerprint density at radius 2 is 2.33 bits per heavy atom. The van der Waals surface area contributed by atoms with Crippen molar-refractivity contribution in [1.82, 2.24) is 9.78 Å². The van der Waals surface area contributed by atoms with Gasteiger partial charge in [-0.3, -0.25) is 9.67 Å². The first kappa shape index (κ1) is 8.71. The molecule has 1 rings (SSSR count). The molecule has 64 valence electrons. The summed E-state index contributed by atoms with van der Waals surface area (Å²) < 4.78 is 1.87. The summed E-state index contributed by atoms with van der Waals surface area (Å²) in [5, 5.41) is 4.17. The van der Waals surface area contributed by atoms with E-state index in [1.165, 1.54) is 0 Å². The first-order valence-corrected chi connectivity index (χ1v) is 3.87. The van der Waals surface area contributed by atoms with E-state index in [2.05, 4.69) is 37.2 Å². The lowest BCUT2D eigenvalue weighted by molar-refractivity contribution is 0.528. The summed E-state index contributed by atoms with van der Waals surface area (Å²) in [6, 6.07) is 0.327. The molecule has 0 bridgehead atoms. The maximum Gasteiger partial charge on any atom is 0.107 e. The van der Waals surface area contributed by atoms with Crippen LogP contribution >= 0.6 is 0 Å². The Morgan fingerprint density at radius 3 is 2.75 bits per heavy atom. The van der Waals surface area contributed by atoms with Gasteiger partial charge in [0.15, 0.2) is 0 Å². The largest absolute Gasteiger partial charge is 0.261 e. The zero-order valence-corrected chi connectivity index (χ0v) is 7.49. The molecular formula is C9H13N3. The fourth-order valence-electron chi connectivity index (χ4n) is 1.09. The van der Waals surface area contributed by atoms with E-state index in [9.17, 15) is 0 Å². The molecule has 0 unspecified atom stereocenters. The van der Waals surface area contributed by atoms with E-state index in [-0.39, 0.29) is 0 Å². The van der Waals surface area contributed by atoms with Gasteiger partial charge in [0.05, 0.1) is 11.9 Å². The Bertz CT molecular complexity index is 297. The summed E-state index contributed by atoms with van der Waals surface area (Å²) in [6.45, 7) is 11.3. The molecule has 1 heterocycles. The van der Waals surface area contributed by atoms with Crippen LogP contribution in [0.1, 0.15) is 25.6 Å². The summed E-state index contributed by atoms with van der Waals surface area (Å²) in [5.74, 6) is 0. The fourth-order valence-corrected chi connectivity index (χ4v) is 1.09. The van der Waals surface area contributed by atoms with Crippen LogP contribution in [0.15, 0.2) is 17.8 Å². The summed E-state index contributed by atoms with van der Waals surface area (Å²) in [4.78, 5) is 3.84. The average Bonchev–Trinajstić information content (AvgIpc) is 2.46. The molecule has 0 aromatic carbocycles. The molecule has 0 fully saturated rings. The van der Waals surface area contributed by atoms with Crippen molar-refractivity contribution >= 4 is 18.5 Å². The Morgan fingerprint density at radius 1 is 1.67 bits per heavy atom. The highest BCUT2D eigenvalue weighted by atomic mass is 15.3. The minimum Gasteiger partial charge on any atom is -0.261 e. The summed E-state index contributed by atoms with van der Waals surface area (Å²) in [5.41, 5.74) is 1.72. The van der Waals surface area contributed by atoms with Crippen molar-refractivity contribution in [2.24, 2.45) is 4.99 Å². The minimum atomic E-state index is 0.327. The maximum atomic E-state index is 4.17. The quantitative estimate of drug-likeness (QED) is 0.629. The van der Waals surface area contributed by atoms with E-state index in [4.69, 9.17) is 0 Å². The molecule has 0 amide bonds. The van der Waals surface area contributed by atoms with Gasteiger partial charge in [-0.15, -0.1) is 0 Å². The standard InChI is InChI=1S/C9H13N3/c1-5-9-8(10-4)6-11-12(9)7(2)3/h5-7H,1,4H2,2-3H3. The Hall–Kier alpha value is -1.38. The SMILES string of the molecule is C=Cc1c(N=C)cnn1C(C)C. The first-order valence-electron chi connectivity index (χ1n) is 3.87. The number of rotatable bonds is 3. The van der Waals surface area contributed by atoms with Gasteiger partial charge in [-0.25, -0.2) is 0 Å². The van der Waals surface area contributed by atoms with Gasteiger partial charge >= 0.3 is 0 Å². The van der Waals surface area contributed by atoms with Crippen molar-refractivity contribution in [2.75, 3.05) is 0 Å².